The molecule has 2 aromatic heterocycles. The Bertz CT molecular complexity index is 1030. The van der Waals surface area contributed by atoms with Gasteiger partial charge in [0.1, 0.15) is 11.6 Å². The smallest absolute Gasteiger partial charge is 0.200 e. The molecule has 0 unspecified atom stereocenters. The minimum absolute atomic E-state index is 0. The minimum atomic E-state index is -0.314. The maximum absolute atomic E-state index is 12.3. The van der Waals surface area contributed by atoms with E-state index in [9.17, 15) is 9.59 Å². The third-order valence-electron chi connectivity index (χ3n) is 4.09. The van der Waals surface area contributed by atoms with Gasteiger partial charge < -0.3 is 41.0 Å². The summed E-state index contributed by atoms with van der Waals surface area (Å²) in [5.41, 5.74) is 2.41. The van der Waals surface area contributed by atoms with Crippen molar-refractivity contribution in [2.24, 2.45) is 0 Å². The summed E-state index contributed by atoms with van der Waals surface area (Å²) in [6.45, 7) is 3.69. The normalized spacial score (nSPS) is 9.61. The molecule has 0 saturated carbocycles. The fourth-order valence-corrected chi connectivity index (χ4v) is 2.65. The molecule has 2 heterocycles. The van der Waals surface area contributed by atoms with Gasteiger partial charge in [-0.15, -0.1) is 5.56 Å². The first kappa shape index (κ1) is 23.7. The third-order valence-corrected chi connectivity index (χ3v) is 4.09. The monoisotopic (exact) mass is 454 g/mol. The first-order chi connectivity index (χ1) is 14.5. The largest absolute Gasteiger partial charge is 0.748 e. The first-order valence-corrected chi connectivity index (χ1v) is 9.45. The van der Waals surface area contributed by atoms with Crippen LogP contribution in [0.25, 0.3) is 0 Å². The van der Waals surface area contributed by atoms with Crippen molar-refractivity contribution in [2.75, 3.05) is 10.6 Å². The molecule has 0 bridgehead atoms. The number of anilines is 2. The number of rotatable bonds is 4. The molecule has 0 radical (unpaired) electrons. The summed E-state index contributed by atoms with van der Waals surface area (Å²) >= 11 is 0. The van der Waals surface area contributed by atoms with E-state index in [4.69, 9.17) is 0 Å². The molecule has 7 heteroatoms. The van der Waals surface area contributed by atoms with Crippen molar-refractivity contribution < 1.29 is 26.7 Å². The van der Waals surface area contributed by atoms with Gasteiger partial charge in [0, 0.05) is 28.5 Å². The molecule has 2 amide bonds. The zero-order valence-corrected chi connectivity index (χ0v) is 18.3. The van der Waals surface area contributed by atoms with Gasteiger partial charge in [0.15, 0.2) is 5.91 Å². The number of hydrogen-bond acceptors (Lipinski definition) is 4. The van der Waals surface area contributed by atoms with Crippen LogP contribution in [0.1, 0.15) is 32.1 Å². The second-order valence-corrected chi connectivity index (χ2v) is 6.59. The number of aromatic nitrogens is 2. The van der Waals surface area contributed by atoms with E-state index in [-0.39, 0.29) is 28.9 Å². The average Bonchev–Trinajstić information content (AvgIpc) is 3.43. The fourth-order valence-electron chi connectivity index (χ4n) is 2.65. The van der Waals surface area contributed by atoms with Crippen molar-refractivity contribution in [2.45, 2.75) is 13.8 Å². The Labute approximate surface area is 192 Å². The number of carbonyl (C=O) groups is 2. The molecule has 0 atom stereocenters. The van der Waals surface area contributed by atoms with Crippen LogP contribution in [0.15, 0.2) is 84.9 Å². The van der Waals surface area contributed by atoms with Crippen molar-refractivity contribution in [1.29, 1.82) is 0 Å². The zero-order valence-electron chi connectivity index (χ0n) is 17.1. The second kappa shape index (κ2) is 11.6. The van der Waals surface area contributed by atoms with Crippen LogP contribution in [0.3, 0.4) is 0 Å². The molecule has 0 spiro atoms. The van der Waals surface area contributed by atoms with Gasteiger partial charge in [-0.05, 0) is 38.1 Å². The van der Waals surface area contributed by atoms with Crippen LogP contribution in [-0.2, 0) is 17.1 Å². The van der Waals surface area contributed by atoms with Gasteiger partial charge in [-0.25, -0.2) is 16.0 Å². The SMILES string of the molecule is Cc1cccc(NC(=O)c2cc[c-](C(=O)Nc3cccc(C)n3)c2)n1.[Fe].[cH-]1[cH-][cH-][cH-][cH-]1. The van der Waals surface area contributed by atoms with Crippen molar-refractivity contribution >= 4 is 23.5 Å². The quantitative estimate of drug-likeness (QED) is 0.345. The number of nitrogens with one attached hydrogen (secondary N) is 2. The summed E-state index contributed by atoms with van der Waals surface area (Å²) in [6.07, 6.45) is 0. The average molecular weight is 454 g/mol. The van der Waals surface area contributed by atoms with E-state index in [0.29, 0.717) is 22.8 Å². The van der Waals surface area contributed by atoms with Crippen molar-refractivity contribution in [3.05, 3.63) is 107 Å². The van der Waals surface area contributed by atoms with Crippen LogP contribution in [0.4, 0.5) is 11.6 Å². The molecule has 0 aliphatic rings. The molecule has 0 saturated heterocycles. The molecule has 31 heavy (non-hydrogen) atoms. The predicted octanol–water partition coefficient (Wildman–Crippen LogP) is 4.72. The molecule has 4 aromatic rings. The summed E-state index contributed by atoms with van der Waals surface area (Å²) in [5, 5.41) is 5.43. The number of carbonyl (C=O) groups excluding carboxylic acids is 2. The topological polar surface area (TPSA) is 84.0 Å². The van der Waals surface area contributed by atoms with Crippen LogP contribution in [0, 0.1) is 13.8 Å². The molecule has 164 valence electrons. The van der Waals surface area contributed by atoms with Gasteiger partial charge in [-0.3, -0.25) is 9.59 Å². The van der Waals surface area contributed by atoms with Gasteiger partial charge >= 0.3 is 0 Å². The number of hydrogen-bond donors (Lipinski definition) is 2. The Morgan fingerprint density at radius 1 is 0.806 bits per heavy atom. The fraction of sp³-hybridized carbons (Fsp3) is 0.0833. The Kier molecular flexibility index (Phi) is 8.88. The van der Waals surface area contributed by atoms with Gasteiger partial charge in [0.05, 0.1) is 0 Å². The Hall–Kier alpha value is -3.54. The standard InChI is InChI=1S/C19H17N4O2.C5H5.Fe/c1-12-5-3-7-16(20-12)22-18(24)14-9-10-15(11-14)19(25)23-17-8-4-6-13(2)21-17;1-2-4-5-3-1;/h3-11H,1-2H3,(H,20,22,24)(H,21,23,25);1-5H;/q-1;-5;. The molecule has 0 fully saturated rings. The Morgan fingerprint density at radius 2 is 1.32 bits per heavy atom. The van der Waals surface area contributed by atoms with E-state index >= 15 is 0 Å². The molecule has 0 aliphatic heterocycles. The van der Waals surface area contributed by atoms with Crippen LogP contribution < -0.4 is 10.6 Å². The van der Waals surface area contributed by atoms with Gasteiger partial charge in [0.25, 0.3) is 0 Å². The van der Waals surface area contributed by atoms with E-state index in [0.717, 1.165) is 11.4 Å². The van der Waals surface area contributed by atoms with E-state index in [1.165, 1.54) is 6.07 Å². The maximum Gasteiger partial charge on any atom is 0.200 e. The predicted molar refractivity (Wildman–Crippen MR) is 118 cm³/mol. The molecule has 6 nitrogen and oxygen atoms in total. The number of nitrogens with zero attached hydrogens (tertiary/aromatic N) is 2. The summed E-state index contributed by atoms with van der Waals surface area (Å²) in [5.74, 6) is 0.319. The Morgan fingerprint density at radius 3 is 1.84 bits per heavy atom. The molecule has 2 N–H and O–H groups in total. The van der Waals surface area contributed by atoms with E-state index in [1.807, 2.05) is 68.4 Å². The van der Waals surface area contributed by atoms with Crippen molar-refractivity contribution in [3.8, 4) is 0 Å². The summed E-state index contributed by atoms with van der Waals surface area (Å²) < 4.78 is 0. The summed E-state index contributed by atoms with van der Waals surface area (Å²) in [7, 11) is 0. The van der Waals surface area contributed by atoms with E-state index in [2.05, 4.69) is 20.6 Å². The van der Waals surface area contributed by atoms with Gasteiger partial charge in [0.2, 0.25) is 5.91 Å². The number of pyridine rings is 2. The molecular formula is C24H22FeN4O2-6. The number of aryl methyl sites for hydroxylation is 2. The zero-order chi connectivity index (χ0) is 21.3. The van der Waals surface area contributed by atoms with Gasteiger partial charge in [-0.1, -0.05) is 17.7 Å². The van der Waals surface area contributed by atoms with E-state index < -0.39 is 0 Å². The van der Waals surface area contributed by atoms with Crippen molar-refractivity contribution in [1.82, 2.24) is 9.97 Å². The minimum Gasteiger partial charge on any atom is -0.748 e. The first-order valence-electron chi connectivity index (χ1n) is 9.45. The van der Waals surface area contributed by atoms with Gasteiger partial charge in [-0.2, -0.15) is 12.1 Å². The van der Waals surface area contributed by atoms with Crippen LogP contribution in [-0.4, -0.2) is 21.8 Å². The molecule has 2 aromatic carbocycles. The van der Waals surface area contributed by atoms with Crippen LogP contribution in [0.5, 0.6) is 0 Å². The summed E-state index contributed by atoms with van der Waals surface area (Å²) in [6, 6.07) is 25.5. The second-order valence-electron chi connectivity index (χ2n) is 6.59. The van der Waals surface area contributed by atoms with Crippen molar-refractivity contribution in [3.63, 3.8) is 0 Å². The maximum atomic E-state index is 12.3. The summed E-state index contributed by atoms with van der Waals surface area (Å²) in [4.78, 5) is 33.0. The van der Waals surface area contributed by atoms with Crippen LogP contribution in [0.2, 0.25) is 0 Å². The van der Waals surface area contributed by atoms with Crippen LogP contribution >= 0.6 is 0 Å². The van der Waals surface area contributed by atoms with E-state index in [1.54, 1.807) is 24.3 Å². The Balaban J connectivity index is 0.000000501. The third kappa shape index (κ3) is 7.33. The number of amides is 2. The molecule has 0 aliphatic carbocycles. The molecular weight excluding hydrogens is 432 g/mol. The molecule has 4 rings (SSSR count).